The zero-order valence-electron chi connectivity index (χ0n) is 39.0. The van der Waals surface area contributed by atoms with Gasteiger partial charge in [0.1, 0.15) is 12.6 Å². The molecule has 1 atom stereocenters. The molecule has 5 N–H and O–H groups in total. The summed E-state index contributed by atoms with van der Waals surface area (Å²) in [5.41, 5.74) is 0. The van der Waals surface area contributed by atoms with Gasteiger partial charge in [-0.15, -0.1) is 0 Å². The van der Waals surface area contributed by atoms with Crippen LogP contribution >= 0.6 is 0 Å². The molecular formula is C43H76N6O17. The SMILES string of the molecule is CCCCNC(=O)[C@H](CCCCNC(=O)COCCOCCOCCOCCOCCOCCOCCOCCOCCOC)NC(=O)CNC(=O)CNC(=O)CCCN1C(=O)C=CC1=O. The number of ether oxygens (including phenoxy) is 10. The summed E-state index contributed by atoms with van der Waals surface area (Å²) in [6.45, 7) is 10.0. The van der Waals surface area contributed by atoms with Crippen LogP contribution in [0, 0.1) is 0 Å². The van der Waals surface area contributed by atoms with Gasteiger partial charge in [0, 0.05) is 45.3 Å². The van der Waals surface area contributed by atoms with E-state index in [1.165, 1.54) is 0 Å². The zero-order valence-corrected chi connectivity index (χ0v) is 39.0. The predicted molar refractivity (Wildman–Crippen MR) is 237 cm³/mol. The Balaban J connectivity index is 1.99. The lowest BCUT2D eigenvalue weighted by Crippen LogP contribution is -2.50. The van der Waals surface area contributed by atoms with E-state index < -0.39 is 42.1 Å². The molecule has 0 fully saturated rings. The first-order valence-electron chi connectivity index (χ1n) is 22.8. The van der Waals surface area contributed by atoms with Crippen LogP contribution in [0.1, 0.15) is 51.9 Å². The predicted octanol–water partition coefficient (Wildman–Crippen LogP) is -1.59. The zero-order chi connectivity index (χ0) is 48.1. The molecular weight excluding hydrogens is 872 g/mol. The lowest BCUT2D eigenvalue weighted by molar-refractivity contribution is -0.137. The van der Waals surface area contributed by atoms with E-state index >= 15 is 0 Å². The topological polar surface area (TPSA) is 275 Å². The van der Waals surface area contributed by atoms with Crippen LogP contribution in [0.5, 0.6) is 0 Å². The van der Waals surface area contributed by atoms with Gasteiger partial charge in [0.15, 0.2) is 0 Å². The maximum absolute atomic E-state index is 12.8. The molecule has 0 aromatic heterocycles. The van der Waals surface area contributed by atoms with Crippen LogP contribution in [0.2, 0.25) is 0 Å². The van der Waals surface area contributed by atoms with Gasteiger partial charge in [-0.1, -0.05) is 13.3 Å². The van der Waals surface area contributed by atoms with E-state index in [9.17, 15) is 33.6 Å². The molecule has 0 saturated carbocycles. The smallest absolute Gasteiger partial charge is 0.253 e. The molecule has 0 spiro atoms. The molecule has 1 aliphatic rings. The molecule has 23 heteroatoms. The third-order valence-corrected chi connectivity index (χ3v) is 8.94. The number of nitrogens with one attached hydrogen (secondary N) is 5. The highest BCUT2D eigenvalue weighted by Crippen LogP contribution is 2.05. The van der Waals surface area contributed by atoms with Gasteiger partial charge >= 0.3 is 0 Å². The van der Waals surface area contributed by atoms with E-state index in [2.05, 4.69) is 26.6 Å². The molecule has 66 heavy (non-hydrogen) atoms. The summed E-state index contributed by atoms with van der Waals surface area (Å²) in [6, 6.07) is -0.853. The minimum absolute atomic E-state index is 0.00901. The Bertz CT molecular complexity index is 1340. The molecule has 0 aliphatic carbocycles. The summed E-state index contributed by atoms with van der Waals surface area (Å²) in [4.78, 5) is 86.1. The average molecular weight is 949 g/mol. The largest absolute Gasteiger partial charge is 0.382 e. The third kappa shape index (κ3) is 36.0. The molecule has 0 saturated heterocycles. The van der Waals surface area contributed by atoms with E-state index in [0.717, 1.165) is 29.9 Å². The maximum Gasteiger partial charge on any atom is 0.253 e. The van der Waals surface area contributed by atoms with E-state index in [0.29, 0.717) is 145 Å². The quantitative estimate of drug-likeness (QED) is 0.0340. The molecule has 0 aromatic rings. The van der Waals surface area contributed by atoms with Crippen molar-refractivity contribution in [1.29, 1.82) is 0 Å². The number of hydrogen-bond donors (Lipinski definition) is 5. The molecule has 0 bridgehead atoms. The van der Waals surface area contributed by atoms with E-state index in [-0.39, 0.29) is 51.0 Å². The number of hydrogen-bond acceptors (Lipinski definition) is 17. The molecule has 1 aliphatic heterocycles. The lowest BCUT2D eigenvalue weighted by atomic mass is 10.1. The summed E-state index contributed by atoms with van der Waals surface area (Å²) in [6.07, 6.45) is 5.54. The van der Waals surface area contributed by atoms with Gasteiger partial charge in [0.25, 0.3) is 11.8 Å². The van der Waals surface area contributed by atoms with Crippen molar-refractivity contribution >= 4 is 41.4 Å². The molecule has 0 unspecified atom stereocenters. The van der Waals surface area contributed by atoms with Gasteiger partial charge in [-0.05, 0) is 32.1 Å². The van der Waals surface area contributed by atoms with Crippen molar-refractivity contribution in [2.24, 2.45) is 0 Å². The van der Waals surface area contributed by atoms with E-state index in [4.69, 9.17) is 47.4 Å². The second kappa shape index (κ2) is 43.4. The van der Waals surface area contributed by atoms with Crippen LogP contribution in [0.3, 0.4) is 0 Å². The minimum Gasteiger partial charge on any atom is -0.382 e. The van der Waals surface area contributed by atoms with Crippen LogP contribution in [-0.4, -0.2) is 218 Å². The first-order chi connectivity index (χ1) is 32.2. The molecule has 0 radical (unpaired) electrons. The number of methoxy groups -OCH3 is 1. The monoisotopic (exact) mass is 949 g/mol. The second-order valence-electron chi connectivity index (χ2n) is 14.4. The number of amides is 7. The Hall–Kier alpha value is -4.17. The Labute approximate surface area is 388 Å². The van der Waals surface area contributed by atoms with E-state index in [1.54, 1.807) is 7.11 Å². The number of nitrogens with zero attached hydrogens (tertiary/aromatic N) is 1. The molecule has 1 heterocycles. The highest BCUT2D eigenvalue weighted by Gasteiger charge is 2.23. The fourth-order valence-corrected chi connectivity index (χ4v) is 5.40. The van der Waals surface area contributed by atoms with Crippen LogP contribution in [-0.2, 0) is 80.9 Å². The lowest BCUT2D eigenvalue weighted by Gasteiger charge is -2.19. The maximum atomic E-state index is 12.8. The summed E-state index contributed by atoms with van der Waals surface area (Å²) in [5.74, 6) is -3.18. The van der Waals surface area contributed by atoms with Crippen molar-refractivity contribution in [3.8, 4) is 0 Å². The van der Waals surface area contributed by atoms with Gasteiger partial charge < -0.3 is 74.0 Å². The number of carbonyl (C=O) groups excluding carboxylic acids is 7. The van der Waals surface area contributed by atoms with Crippen LogP contribution < -0.4 is 26.6 Å². The number of rotatable bonds is 47. The fourth-order valence-electron chi connectivity index (χ4n) is 5.40. The average Bonchev–Trinajstić information content (AvgIpc) is 3.63. The number of unbranched alkanes of at least 4 members (excludes halogenated alkanes) is 2. The van der Waals surface area contributed by atoms with Gasteiger partial charge in [0.2, 0.25) is 29.5 Å². The Morgan fingerprint density at radius 2 is 0.939 bits per heavy atom. The second-order valence-corrected chi connectivity index (χ2v) is 14.4. The van der Waals surface area contributed by atoms with Crippen LogP contribution in [0.15, 0.2) is 12.2 Å². The van der Waals surface area contributed by atoms with Gasteiger partial charge in [-0.2, -0.15) is 0 Å². The first-order valence-corrected chi connectivity index (χ1v) is 22.8. The number of carbonyl (C=O) groups is 7. The summed E-state index contributed by atoms with van der Waals surface area (Å²) >= 11 is 0. The fraction of sp³-hybridized carbons (Fsp3) is 0.791. The van der Waals surface area contributed by atoms with Gasteiger partial charge in [-0.3, -0.25) is 38.5 Å². The van der Waals surface area contributed by atoms with Crippen molar-refractivity contribution in [1.82, 2.24) is 31.5 Å². The summed E-state index contributed by atoms with van der Waals surface area (Å²) in [7, 11) is 1.63. The standard InChI is InChI=1S/C43H76N6O17/c1-3-4-12-45-43(56)36(48-39(52)34-47-38(51)33-46-37(50)9-7-14-49-41(54)10-11-42(49)55)8-5-6-13-44-40(53)35-66-32-31-65-30-29-64-28-27-63-26-25-62-24-23-61-22-21-60-20-19-59-18-17-58-16-15-57-2/h10-11,36H,3-9,12-35H2,1-2H3,(H,44,53)(H,45,56)(H,46,50)(H,47,51)(H,48,52)/t36-/m0/s1. The number of imide groups is 1. The Morgan fingerprint density at radius 1 is 0.500 bits per heavy atom. The van der Waals surface area contributed by atoms with Crippen LogP contribution in [0.4, 0.5) is 0 Å². The van der Waals surface area contributed by atoms with Crippen LogP contribution in [0.25, 0.3) is 0 Å². The highest BCUT2D eigenvalue weighted by atomic mass is 16.6. The van der Waals surface area contributed by atoms with Crippen molar-refractivity contribution < 1.29 is 80.9 Å². The molecule has 23 nitrogen and oxygen atoms in total. The highest BCUT2D eigenvalue weighted by molar-refractivity contribution is 6.12. The minimum atomic E-state index is -0.853. The third-order valence-electron chi connectivity index (χ3n) is 8.94. The van der Waals surface area contributed by atoms with Crippen molar-refractivity contribution in [3.63, 3.8) is 0 Å². The Kier molecular flexibility index (Phi) is 39.4. The van der Waals surface area contributed by atoms with Gasteiger partial charge in [-0.25, -0.2) is 0 Å². The summed E-state index contributed by atoms with van der Waals surface area (Å²) < 4.78 is 53.7. The Morgan fingerprint density at radius 3 is 1.42 bits per heavy atom. The van der Waals surface area contributed by atoms with Crippen molar-refractivity contribution in [2.45, 2.75) is 57.9 Å². The normalized spacial score (nSPS) is 12.7. The summed E-state index contributed by atoms with van der Waals surface area (Å²) in [5, 5.41) is 13.0. The molecule has 0 aromatic carbocycles. The molecule has 1 rings (SSSR count). The first kappa shape index (κ1) is 59.8. The van der Waals surface area contributed by atoms with Crippen molar-refractivity contribution in [3.05, 3.63) is 12.2 Å². The molecule has 7 amide bonds. The van der Waals surface area contributed by atoms with Crippen molar-refractivity contribution in [2.75, 3.05) is 165 Å². The van der Waals surface area contributed by atoms with Gasteiger partial charge in [0.05, 0.1) is 132 Å². The molecule has 380 valence electrons. The van der Waals surface area contributed by atoms with E-state index in [1.807, 2.05) is 6.92 Å².